The summed E-state index contributed by atoms with van der Waals surface area (Å²) >= 11 is 26.9. The van der Waals surface area contributed by atoms with Crippen LogP contribution >= 0.6 is 271 Å². The zero-order valence-corrected chi connectivity index (χ0v) is 103. The number of methoxy groups -OCH3 is 1. The van der Waals surface area contributed by atoms with E-state index in [1.165, 1.54) is 12.0 Å². The number of hydrogen-bond donors (Lipinski definition) is 10. The number of morpholine rings is 1. The van der Waals surface area contributed by atoms with E-state index in [1.807, 2.05) is 70.5 Å². The minimum Gasteiger partial charge on any atom is -0.508 e. The van der Waals surface area contributed by atoms with Crippen molar-refractivity contribution in [3.05, 3.63) is 295 Å². The molecule has 3 heterocycles. The number of urea groups is 1. The van der Waals surface area contributed by atoms with Crippen LogP contribution in [0.3, 0.4) is 0 Å². The maximum atomic E-state index is 12.4. The Morgan fingerprint density at radius 1 is 0.399 bits per heavy atom. The highest BCUT2D eigenvalue weighted by Crippen LogP contribution is 2.42. The van der Waals surface area contributed by atoms with Crippen LogP contribution < -0.4 is 54.4 Å². The molecule has 3 aliphatic rings. The molecule has 15 rings (SSSR count). The van der Waals surface area contributed by atoms with Crippen LogP contribution in [0.5, 0.6) is 103 Å². The van der Waals surface area contributed by atoms with E-state index in [1.54, 1.807) is 154 Å². The Balaban J connectivity index is 0.000000177. The highest BCUT2D eigenvalue weighted by molar-refractivity contribution is 14.1. The van der Waals surface area contributed by atoms with Gasteiger partial charge in [0, 0.05) is 79.7 Å². The predicted octanol–water partition coefficient (Wildman–Crippen LogP) is 24.6. The molecular formula is C104H101I12N7O20. The second-order valence-electron chi connectivity index (χ2n) is 32.1. The van der Waals surface area contributed by atoms with E-state index in [0.717, 1.165) is 155 Å². The van der Waals surface area contributed by atoms with Gasteiger partial charge in [0.2, 0.25) is 29.5 Å². The monoisotopic (exact) mass is 3290 g/mol. The number of aromatic hydroxyl groups is 5. The van der Waals surface area contributed by atoms with Crippen molar-refractivity contribution >= 4 is 307 Å². The number of carbonyl (C=O) groups is 6. The molecule has 10 N–H and O–H groups in total. The zero-order valence-electron chi connectivity index (χ0n) is 77.5. The normalized spacial score (nSPS) is 12.8. The molecule has 12 aromatic carbocycles. The standard InChI is InChI=1S/C21H23I2NO3.C19H19I2NO4.C17H17I2NO4.C16H14I2N2O3.C16H15I2NO3.C15H13I2NO3/c1-26-16-6-8-17(9-7-16)27-21-18(22)13-15(14-19(21)23)5-10-20(25)24-11-3-2-4-12-24;20-16-11-13(1-6-18(24)22-7-9-25-10-8-22)12-17(21)19(16)26-15-4-2-14(23)3-5-15;18-14-7-1-11(2-8-15(23)20-9-10-21)16(19)17(14)24-13-5-3-12(22)4-6-13;17-13-6-9(5-10-8-19-16(22)20-10)7-14(18)15(13)23-12-3-1-11(21)2-4-12;1-19(2)15(21)9-10-7-13(17)16(14(18)8-10)22-12-5-3-11(20)4-6-12;1-18-14(20)8-9-6-12(16)15(13(17)7-9)21-11-4-2-10(19)3-5-11/h6-9,13-14H,2-5,10-12H2,1H3;2-5,11-12,23H,1,6-10H2;1,3-7,21-22H,2,8-10H2,(H,20,23);1-4,6-7,10,21H,5,8H2,(H2,19,20,22);3-8,20H,9H2,1-2H3;2-7,19H,8H2,1H3,(H,18,20)/t;;;10-;;/m...0../s1. The topological polar surface area (TPSA) is 355 Å². The van der Waals surface area contributed by atoms with Gasteiger partial charge in [0.05, 0.1) is 88.7 Å². The van der Waals surface area contributed by atoms with Crippen molar-refractivity contribution < 1.29 is 97.3 Å². The largest absolute Gasteiger partial charge is 0.508 e. The van der Waals surface area contributed by atoms with Crippen LogP contribution in [-0.4, -0.2) is 174 Å². The number of aliphatic hydroxyl groups is 1. The van der Waals surface area contributed by atoms with Crippen LogP contribution in [0.4, 0.5) is 4.79 Å². The Bertz CT molecular complexity index is 6180. The van der Waals surface area contributed by atoms with Gasteiger partial charge < -0.3 is 105 Å². The number of aliphatic hydroxyl groups excluding tert-OH is 1. The fraction of sp³-hybridized carbons (Fsp3) is 0.250. The number of likely N-dealkylation sites (tertiary alicyclic amines) is 1. The van der Waals surface area contributed by atoms with Crippen LogP contribution in [0.1, 0.15) is 71.9 Å². The first-order chi connectivity index (χ1) is 68.5. The van der Waals surface area contributed by atoms with E-state index < -0.39 is 0 Å². The number of ether oxygens (including phenoxy) is 8. The zero-order chi connectivity index (χ0) is 103. The van der Waals surface area contributed by atoms with E-state index in [2.05, 4.69) is 329 Å². The van der Waals surface area contributed by atoms with Crippen LogP contribution in [0, 0.1) is 42.8 Å². The lowest BCUT2D eigenvalue weighted by molar-refractivity contribution is -0.135. The van der Waals surface area contributed by atoms with Gasteiger partial charge in [0.15, 0.2) is 34.5 Å². The van der Waals surface area contributed by atoms with Crippen LogP contribution in [0.2, 0.25) is 0 Å². The lowest BCUT2D eigenvalue weighted by Crippen LogP contribution is -2.40. The number of halogens is 12. The van der Waals surface area contributed by atoms with Gasteiger partial charge >= 0.3 is 6.03 Å². The molecule has 0 aliphatic carbocycles. The quantitative estimate of drug-likeness (QED) is 0.0187. The predicted molar refractivity (Wildman–Crippen MR) is 652 cm³/mol. The number of phenolic OH excluding ortho intramolecular Hbond substituents is 5. The van der Waals surface area contributed by atoms with Gasteiger partial charge in [0.25, 0.3) is 0 Å². The molecule has 27 nitrogen and oxygen atoms in total. The number of nitrogens with zero attached hydrogens (tertiary/aromatic N) is 3. The first kappa shape index (κ1) is 118. The number of amides is 7. The number of likely N-dealkylation sites (N-methyl/N-ethyl adjacent to an activating group) is 2. The molecule has 756 valence electrons. The van der Waals surface area contributed by atoms with Gasteiger partial charge in [0.1, 0.15) is 69.0 Å². The van der Waals surface area contributed by atoms with Crippen molar-refractivity contribution in [2.75, 3.05) is 87.3 Å². The molecule has 0 unspecified atom stereocenters. The molecule has 0 radical (unpaired) electrons. The fourth-order valence-electron chi connectivity index (χ4n) is 13.8. The number of nitrogens with one attached hydrogen (secondary N) is 4. The molecule has 0 spiro atoms. The molecule has 0 saturated carbocycles. The molecule has 1 atom stereocenters. The fourth-order valence-corrected chi connectivity index (χ4v) is 26.3. The van der Waals surface area contributed by atoms with E-state index in [-0.39, 0.29) is 83.5 Å². The smallest absolute Gasteiger partial charge is 0.315 e. The summed E-state index contributed by atoms with van der Waals surface area (Å²) in [5.41, 5.74) is 6.40. The summed E-state index contributed by atoms with van der Waals surface area (Å²) in [4.78, 5) is 76.3. The summed E-state index contributed by atoms with van der Waals surface area (Å²) in [5, 5.41) is 66.3. The van der Waals surface area contributed by atoms with Gasteiger partial charge in [-0.1, -0.05) is 6.07 Å². The Kier molecular flexibility index (Phi) is 50.5. The van der Waals surface area contributed by atoms with Crippen molar-refractivity contribution in [3.63, 3.8) is 0 Å². The third-order valence-corrected chi connectivity index (χ3v) is 31.2. The third kappa shape index (κ3) is 39.8. The number of carbonyl (C=O) groups excluding carboxylic acids is 6. The maximum Gasteiger partial charge on any atom is 0.315 e. The molecular weight excluding hydrogens is 3190 g/mol. The number of piperidine rings is 1. The Hall–Kier alpha value is -6.46. The third-order valence-electron chi connectivity index (χ3n) is 21.2. The highest BCUT2D eigenvalue weighted by atomic mass is 127. The van der Waals surface area contributed by atoms with Gasteiger partial charge in [-0.15, -0.1) is 0 Å². The Labute approximate surface area is 994 Å². The Morgan fingerprint density at radius 2 is 0.727 bits per heavy atom. The molecule has 12 aromatic rings. The molecule has 143 heavy (non-hydrogen) atoms. The number of phenols is 5. The van der Waals surface area contributed by atoms with Gasteiger partial charge in [-0.3, -0.25) is 24.0 Å². The number of aryl methyl sites for hydroxylation is 3. The van der Waals surface area contributed by atoms with Crippen molar-refractivity contribution in [2.45, 2.75) is 83.1 Å². The molecule has 3 fully saturated rings. The summed E-state index contributed by atoms with van der Waals surface area (Å²) in [6.45, 7) is 5.34. The van der Waals surface area contributed by atoms with E-state index in [4.69, 9.17) is 43.0 Å². The summed E-state index contributed by atoms with van der Waals surface area (Å²) in [5.74, 6) is 11.0. The van der Waals surface area contributed by atoms with Crippen LogP contribution in [-0.2, 0) is 67.2 Å². The van der Waals surface area contributed by atoms with Crippen molar-refractivity contribution in [2.24, 2.45) is 0 Å². The SMILES string of the molecule is CN(C)C(=O)Cc1cc(I)c(Oc2ccc(O)cc2)c(I)c1.CNC(=O)Cc1cc(I)c(Oc2ccc(O)cc2)c(I)c1.COc1ccc(Oc2c(I)cc(CCC(=O)N3CCCCC3)cc2I)cc1.O=C(CCc1cc(I)c(Oc2ccc(O)cc2)c(I)c1)N1CCOCC1.O=C(CCc1ccc(I)c(Oc2ccc(O)cc2)c1I)NCCO.O=C1NC[C@H](Cc2cc(I)c(Oc3ccc(O)cc3)c(I)c2)N1. The number of benzene rings is 12. The minimum atomic E-state index is -0.105. The minimum absolute atomic E-state index is 0.0196. The first-order valence-corrected chi connectivity index (χ1v) is 57.4. The average Bonchev–Trinajstić information content (AvgIpc) is 1.84. The van der Waals surface area contributed by atoms with Gasteiger partial charge in [-0.2, -0.15) is 0 Å². The summed E-state index contributed by atoms with van der Waals surface area (Å²) in [6.07, 6.45) is 8.53. The number of rotatable bonds is 30. The van der Waals surface area contributed by atoms with Crippen LogP contribution in [0.15, 0.2) is 218 Å². The summed E-state index contributed by atoms with van der Waals surface area (Å²) in [6, 6.07) is 64.9. The molecule has 39 heteroatoms. The lowest BCUT2D eigenvalue weighted by atomic mass is 10.1. The molecule has 7 amide bonds. The van der Waals surface area contributed by atoms with E-state index >= 15 is 0 Å². The summed E-state index contributed by atoms with van der Waals surface area (Å²) in [7, 11) is 6.78. The molecule has 0 aromatic heterocycles. The molecule has 0 bridgehead atoms. The lowest BCUT2D eigenvalue weighted by Gasteiger charge is -2.26. The second kappa shape index (κ2) is 61.0. The van der Waals surface area contributed by atoms with Crippen molar-refractivity contribution in [3.8, 4) is 103 Å². The van der Waals surface area contributed by atoms with Crippen LogP contribution in [0.25, 0.3) is 0 Å². The van der Waals surface area contributed by atoms with Crippen molar-refractivity contribution in [1.29, 1.82) is 0 Å². The maximum absolute atomic E-state index is 12.4. The van der Waals surface area contributed by atoms with Gasteiger partial charge in [-0.05, 0) is 562 Å². The first-order valence-electron chi connectivity index (χ1n) is 44.5. The van der Waals surface area contributed by atoms with Gasteiger partial charge in [-0.25, -0.2) is 4.79 Å². The van der Waals surface area contributed by atoms with E-state index in [0.29, 0.717) is 107 Å². The second-order valence-corrected chi connectivity index (χ2v) is 46.0. The van der Waals surface area contributed by atoms with E-state index in [9.17, 15) is 54.3 Å². The highest BCUT2D eigenvalue weighted by Gasteiger charge is 2.25. The molecule has 3 aliphatic heterocycles. The Morgan fingerprint density at radius 3 is 1.06 bits per heavy atom. The van der Waals surface area contributed by atoms with Crippen molar-refractivity contribution in [1.82, 2.24) is 36.0 Å². The summed E-state index contributed by atoms with van der Waals surface area (Å²) < 4.78 is 57.9. The average molecular weight is 3290 g/mol. The molecule has 3 saturated heterocycles. The number of hydrogen-bond acceptors (Lipinski definition) is 20.